The summed E-state index contributed by atoms with van der Waals surface area (Å²) in [5.74, 6) is 0.0621. The lowest BCUT2D eigenvalue weighted by Gasteiger charge is -2.13. The highest BCUT2D eigenvalue weighted by atomic mass is 19.4. The zero-order valence-corrected chi connectivity index (χ0v) is 8.30. The van der Waals surface area contributed by atoms with Crippen molar-refractivity contribution in [3.05, 3.63) is 28.8 Å². The summed E-state index contributed by atoms with van der Waals surface area (Å²) in [5.41, 5.74) is -1.82. The Hall–Kier alpha value is -1.74. The van der Waals surface area contributed by atoms with Crippen LogP contribution in [0.4, 0.5) is 13.2 Å². The van der Waals surface area contributed by atoms with Crippen molar-refractivity contribution in [2.24, 2.45) is 0 Å². The van der Waals surface area contributed by atoms with Gasteiger partial charge in [-0.3, -0.25) is 0 Å². The van der Waals surface area contributed by atoms with E-state index in [1.54, 1.807) is 0 Å². The summed E-state index contributed by atoms with van der Waals surface area (Å²) in [6, 6.07) is 3.28. The fourth-order valence-corrected chi connectivity index (χ4v) is 1.34. The Morgan fingerprint density at radius 3 is 2.44 bits per heavy atom. The molecule has 0 atom stereocenters. The van der Waals surface area contributed by atoms with E-state index in [0.717, 1.165) is 12.1 Å². The SMILES string of the molecule is COc1ccc(C(F)(F)F)c(C#N)c1CO. The van der Waals surface area contributed by atoms with Crippen molar-refractivity contribution in [3.63, 3.8) is 0 Å². The smallest absolute Gasteiger partial charge is 0.417 e. The maximum absolute atomic E-state index is 12.5. The predicted octanol–water partition coefficient (Wildman–Crippen LogP) is 2.08. The molecular weight excluding hydrogens is 223 g/mol. The molecule has 1 aromatic carbocycles. The van der Waals surface area contributed by atoms with Gasteiger partial charge in [0.25, 0.3) is 0 Å². The molecule has 0 aliphatic heterocycles. The number of benzene rings is 1. The molecule has 3 nitrogen and oxygen atoms in total. The lowest BCUT2D eigenvalue weighted by molar-refractivity contribution is -0.137. The van der Waals surface area contributed by atoms with E-state index < -0.39 is 23.9 Å². The molecule has 0 aliphatic carbocycles. The Kier molecular flexibility index (Phi) is 3.40. The van der Waals surface area contributed by atoms with E-state index in [9.17, 15) is 13.2 Å². The van der Waals surface area contributed by atoms with Crippen LogP contribution in [0.15, 0.2) is 12.1 Å². The van der Waals surface area contributed by atoms with Crippen molar-refractivity contribution in [2.75, 3.05) is 7.11 Å². The minimum atomic E-state index is -4.62. The van der Waals surface area contributed by atoms with Gasteiger partial charge < -0.3 is 9.84 Å². The van der Waals surface area contributed by atoms with Crippen LogP contribution >= 0.6 is 0 Å². The highest BCUT2D eigenvalue weighted by molar-refractivity contribution is 5.52. The number of halogens is 3. The lowest BCUT2D eigenvalue weighted by Crippen LogP contribution is -2.10. The number of aliphatic hydroxyl groups excluding tert-OH is 1. The summed E-state index contributed by atoms with van der Waals surface area (Å²) in [6.45, 7) is -0.685. The number of rotatable bonds is 2. The minimum Gasteiger partial charge on any atom is -0.496 e. The molecule has 0 aromatic heterocycles. The molecule has 86 valence electrons. The van der Waals surface area contributed by atoms with Gasteiger partial charge >= 0.3 is 6.18 Å². The summed E-state index contributed by atoms with van der Waals surface area (Å²) >= 11 is 0. The van der Waals surface area contributed by atoms with Crippen molar-refractivity contribution in [2.45, 2.75) is 12.8 Å². The number of nitriles is 1. The lowest BCUT2D eigenvalue weighted by atomic mass is 10.0. The maximum Gasteiger partial charge on any atom is 0.417 e. The van der Waals surface area contributed by atoms with Gasteiger partial charge in [-0.15, -0.1) is 0 Å². The van der Waals surface area contributed by atoms with E-state index in [0.29, 0.717) is 0 Å². The standard InChI is InChI=1S/C10H8F3NO2/c1-16-9-3-2-8(10(11,12)13)6(4-14)7(9)5-15/h2-3,15H,5H2,1H3. The average molecular weight is 231 g/mol. The van der Waals surface area contributed by atoms with E-state index in [1.807, 2.05) is 0 Å². The first-order chi connectivity index (χ1) is 7.45. The molecule has 0 spiro atoms. The molecular formula is C10H8F3NO2. The summed E-state index contributed by atoms with van der Waals surface area (Å²) in [4.78, 5) is 0. The second-order valence-corrected chi connectivity index (χ2v) is 2.94. The third-order valence-corrected chi connectivity index (χ3v) is 2.07. The number of nitrogens with zero attached hydrogens (tertiary/aromatic N) is 1. The summed E-state index contributed by atoms with van der Waals surface area (Å²) in [5, 5.41) is 17.7. The van der Waals surface area contributed by atoms with Crippen LogP contribution in [0.3, 0.4) is 0 Å². The van der Waals surface area contributed by atoms with Gasteiger partial charge in [0.15, 0.2) is 0 Å². The summed E-state index contributed by atoms with van der Waals surface area (Å²) in [7, 11) is 1.25. The summed E-state index contributed by atoms with van der Waals surface area (Å²) in [6.07, 6.45) is -4.62. The highest BCUT2D eigenvalue weighted by Crippen LogP contribution is 2.36. The Morgan fingerprint density at radius 2 is 2.06 bits per heavy atom. The molecule has 0 saturated heterocycles. The van der Waals surface area contributed by atoms with E-state index in [1.165, 1.54) is 13.2 Å². The van der Waals surface area contributed by atoms with Crippen molar-refractivity contribution in [3.8, 4) is 11.8 Å². The third-order valence-electron chi connectivity index (χ3n) is 2.07. The molecule has 0 unspecified atom stereocenters. The van der Waals surface area contributed by atoms with Crippen LogP contribution in [-0.2, 0) is 12.8 Å². The molecule has 0 bridgehead atoms. The topological polar surface area (TPSA) is 53.2 Å². The normalized spacial score (nSPS) is 11.0. The Bertz CT molecular complexity index is 435. The van der Waals surface area contributed by atoms with Crippen LogP contribution < -0.4 is 4.74 Å². The largest absolute Gasteiger partial charge is 0.496 e. The van der Waals surface area contributed by atoms with Crippen LogP contribution in [-0.4, -0.2) is 12.2 Å². The van der Waals surface area contributed by atoms with Crippen LogP contribution in [0.1, 0.15) is 16.7 Å². The van der Waals surface area contributed by atoms with Crippen LogP contribution in [0.25, 0.3) is 0 Å². The van der Waals surface area contributed by atoms with Gasteiger partial charge in [0.2, 0.25) is 0 Å². The van der Waals surface area contributed by atoms with Crippen molar-refractivity contribution in [1.29, 1.82) is 5.26 Å². The Labute approximate surface area is 89.7 Å². The van der Waals surface area contributed by atoms with Crippen molar-refractivity contribution in [1.82, 2.24) is 0 Å². The third kappa shape index (κ3) is 2.09. The van der Waals surface area contributed by atoms with E-state index in [2.05, 4.69) is 0 Å². The fraction of sp³-hybridized carbons (Fsp3) is 0.300. The van der Waals surface area contributed by atoms with Gasteiger partial charge in [0.1, 0.15) is 11.8 Å². The number of ether oxygens (including phenoxy) is 1. The number of alkyl halides is 3. The zero-order chi connectivity index (χ0) is 12.3. The van der Waals surface area contributed by atoms with Gasteiger partial charge in [-0.25, -0.2) is 0 Å². The first-order valence-corrected chi connectivity index (χ1v) is 4.23. The predicted molar refractivity (Wildman–Crippen MR) is 48.6 cm³/mol. The monoisotopic (exact) mass is 231 g/mol. The molecule has 0 heterocycles. The first kappa shape index (κ1) is 12.3. The fourth-order valence-electron chi connectivity index (χ4n) is 1.34. The summed E-state index contributed by atoms with van der Waals surface area (Å²) < 4.78 is 42.3. The molecule has 6 heteroatoms. The van der Waals surface area contributed by atoms with E-state index in [4.69, 9.17) is 15.1 Å². The molecule has 16 heavy (non-hydrogen) atoms. The quantitative estimate of drug-likeness (QED) is 0.847. The zero-order valence-electron chi connectivity index (χ0n) is 8.30. The van der Waals surface area contributed by atoms with Gasteiger partial charge in [-0.1, -0.05) is 0 Å². The number of hydrogen-bond donors (Lipinski definition) is 1. The van der Waals surface area contributed by atoms with Crippen molar-refractivity contribution >= 4 is 0 Å². The maximum atomic E-state index is 12.5. The second kappa shape index (κ2) is 4.41. The van der Waals surface area contributed by atoms with Gasteiger partial charge in [-0.2, -0.15) is 18.4 Å². The molecule has 0 fully saturated rings. The number of hydrogen-bond acceptors (Lipinski definition) is 3. The average Bonchev–Trinajstić information content (AvgIpc) is 2.25. The van der Waals surface area contributed by atoms with Crippen molar-refractivity contribution < 1.29 is 23.0 Å². The Morgan fingerprint density at radius 1 is 1.44 bits per heavy atom. The second-order valence-electron chi connectivity index (χ2n) is 2.94. The molecule has 1 rings (SSSR count). The molecule has 1 aromatic rings. The van der Waals surface area contributed by atoms with E-state index >= 15 is 0 Å². The van der Waals surface area contributed by atoms with Gasteiger partial charge in [0.05, 0.1) is 24.8 Å². The highest BCUT2D eigenvalue weighted by Gasteiger charge is 2.35. The van der Waals surface area contributed by atoms with Crippen LogP contribution in [0.2, 0.25) is 0 Å². The van der Waals surface area contributed by atoms with Gasteiger partial charge in [0, 0.05) is 5.56 Å². The molecule has 0 aliphatic rings. The van der Waals surface area contributed by atoms with Gasteiger partial charge in [-0.05, 0) is 12.1 Å². The molecule has 0 amide bonds. The van der Waals surface area contributed by atoms with Crippen LogP contribution in [0.5, 0.6) is 5.75 Å². The number of aliphatic hydroxyl groups is 1. The van der Waals surface area contributed by atoms with Crippen LogP contribution in [0, 0.1) is 11.3 Å². The Balaban J connectivity index is 3.52. The first-order valence-electron chi connectivity index (χ1n) is 4.23. The number of methoxy groups -OCH3 is 1. The molecule has 0 radical (unpaired) electrons. The molecule has 0 saturated carbocycles. The van der Waals surface area contributed by atoms with E-state index in [-0.39, 0.29) is 11.3 Å². The molecule has 1 N–H and O–H groups in total. The minimum absolute atomic E-state index is 0.0621.